The quantitative estimate of drug-likeness (QED) is 0.458. The van der Waals surface area contributed by atoms with E-state index in [9.17, 15) is 0 Å². The fourth-order valence-electron chi connectivity index (χ4n) is 1.53. The summed E-state index contributed by atoms with van der Waals surface area (Å²) in [6.07, 6.45) is 2.07. The molecule has 0 aliphatic rings. The molecule has 2 nitrogen and oxygen atoms in total. The van der Waals surface area contributed by atoms with Crippen molar-refractivity contribution in [3.8, 4) is 5.75 Å². The van der Waals surface area contributed by atoms with Crippen LogP contribution < -0.4 is 9.92 Å². The van der Waals surface area contributed by atoms with Crippen molar-refractivity contribution in [2.24, 2.45) is 0 Å². The second-order valence-corrected chi connectivity index (χ2v) is 10.5. The van der Waals surface area contributed by atoms with E-state index in [4.69, 9.17) is 9.47 Å². The van der Waals surface area contributed by atoms with E-state index >= 15 is 0 Å². The van der Waals surface area contributed by atoms with Gasteiger partial charge in [0, 0.05) is 12.0 Å². The molecule has 16 heavy (non-hydrogen) atoms. The molecule has 0 aromatic heterocycles. The molecule has 1 rings (SSSR count). The first-order valence-electron chi connectivity index (χ1n) is 5.30. The van der Waals surface area contributed by atoms with E-state index in [1.807, 2.05) is 0 Å². The Morgan fingerprint density at radius 1 is 1.25 bits per heavy atom. The van der Waals surface area contributed by atoms with E-state index in [2.05, 4.69) is 44.1 Å². The third-order valence-corrected chi connectivity index (χ3v) is 5.10. The van der Waals surface area contributed by atoms with Crippen LogP contribution in [-0.2, 0) is 4.74 Å². The highest BCUT2D eigenvalue weighted by molar-refractivity contribution is 7.98. The topological polar surface area (TPSA) is 18.5 Å². The van der Waals surface area contributed by atoms with Crippen LogP contribution in [0.5, 0.6) is 5.75 Å². The zero-order chi connectivity index (χ0) is 12.2. The summed E-state index contributed by atoms with van der Waals surface area (Å²) in [5, 5.41) is 1.36. The number of thioether (sulfide) groups is 1. The van der Waals surface area contributed by atoms with Crippen LogP contribution in [0.25, 0.3) is 0 Å². The van der Waals surface area contributed by atoms with Gasteiger partial charge in [0.05, 0.1) is 8.07 Å². The molecule has 0 amide bonds. The predicted octanol–water partition coefficient (Wildman–Crippen LogP) is 2.94. The fraction of sp³-hybridized carbons (Fsp3) is 0.500. The van der Waals surface area contributed by atoms with Gasteiger partial charge in [0.2, 0.25) is 0 Å². The Labute approximate surface area is 103 Å². The molecule has 1 aromatic carbocycles. The fourth-order valence-corrected chi connectivity index (χ4v) is 3.68. The molecule has 0 aliphatic carbocycles. The van der Waals surface area contributed by atoms with E-state index in [0.717, 1.165) is 5.75 Å². The van der Waals surface area contributed by atoms with E-state index in [1.165, 1.54) is 10.1 Å². The number of para-hydroxylation sites is 1. The monoisotopic (exact) mass is 256 g/mol. The molecule has 0 heterocycles. The lowest BCUT2D eigenvalue weighted by atomic mass is 10.3. The zero-order valence-electron chi connectivity index (χ0n) is 10.7. The van der Waals surface area contributed by atoms with Crippen LogP contribution in [0.3, 0.4) is 0 Å². The molecule has 0 aliphatic heterocycles. The molecule has 0 saturated carbocycles. The minimum Gasteiger partial charge on any atom is -0.467 e. The molecule has 0 unspecified atom stereocenters. The third-order valence-electron chi connectivity index (χ3n) is 2.33. The minimum atomic E-state index is -1.37. The van der Waals surface area contributed by atoms with Crippen LogP contribution in [0.4, 0.5) is 0 Å². The number of hydrogen-bond acceptors (Lipinski definition) is 3. The van der Waals surface area contributed by atoms with Crippen LogP contribution >= 0.6 is 11.8 Å². The SMILES string of the molecule is COCOc1c(SC)cccc1[Si](C)(C)C. The summed E-state index contributed by atoms with van der Waals surface area (Å²) in [5.74, 6) is 1.01. The van der Waals surface area contributed by atoms with Crippen molar-refractivity contribution in [1.82, 2.24) is 0 Å². The normalized spacial score (nSPS) is 11.6. The molecule has 0 bridgehead atoms. The lowest BCUT2D eigenvalue weighted by molar-refractivity contribution is 0.0499. The van der Waals surface area contributed by atoms with Crippen LogP contribution in [0.2, 0.25) is 19.6 Å². The van der Waals surface area contributed by atoms with Crippen molar-refractivity contribution < 1.29 is 9.47 Å². The summed E-state index contributed by atoms with van der Waals surface area (Å²) in [6, 6.07) is 6.38. The van der Waals surface area contributed by atoms with Gasteiger partial charge >= 0.3 is 0 Å². The lowest BCUT2D eigenvalue weighted by Gasteiger charge is -2.22. The van der Waals surface area contributed by atoms with Gasteiger partial charge < -0.3 is 9.47 Å². The number of methoxy groups -OCH3 is 1. The maximum Gasteiger partial charge on any atom is 0.188 e. The highest BCUT2D eigenvalue weighted by atomic mass is 32.2. The van der Waals surface area contributed by atoms with Gasteiger partial charge in [0.1, 0.15) is 5.75 Å². The van der Waals surface area contributed by atoms with Crippen LogP contribution in [0.15, 0.2) is 23.1 Å². The largest absolute Gasteiger partial charge is 0.467 e. The van der Waals surface area contributed by atoms with Gasteiger partial charge in [-0.2, -0.15) is 0 Å². The van der Waals surface area contributed by atoms with Crippen molar-refractivity contribution in [1.29, 1.82) is 0 Å². The first-order valence-corrected chi connectivity index (χ1v) is 10.0. The Balaban J connectivity index is 3.15. The summed E-state index contributed by atoms with van der Waals surface area (Å²) in [4.78, 5) is 1.19. The average molecular weight is 256 g/mol. The van der Waals surface area contributed by atoms with Gasteiger partial charge in [0.25, 0.3) is 0 Å². The van der Waals surface area contributed by atoms with Gasteiger partial charge in [-0.3, -0.25) is 0 Å². The number of benzene rings is 1. The molecule has 0 atom stereocenters. The van der Waals surface area contributed by atoms with Crippen LogP contribution in [0, 0.1) is 0 Å². The molecule has 0 N–H and O–H groups in total. The Hall–Kier alpha value is -0.453. The summed E-state index contributed by atoms with van der Waals surface area (Å²) in [7, 11) is 0.279. The average Bonchev–Trinajstić information content (AvgIpc) is 2.24. The molecular formula is C12H20O2SSi. The van der Waals surface area contributed by atoms with Gasteiger partial charge in [0.15, 0.2) is 6.79 Å². The van der Waals surface area contributed by atoms with Crippen molar-refractivity contribution in [3.63, 3.8) is 0 Å². The molecule has 0 saturated heterocycles. The van der Waals surface area contributed by atoms with E-state index in [0.29, 0.717) is 6.79 Å². The second kappa shape index (κ2) is 5.75. The molecular weight excluding hydrogens is 236 g/mol. The van der Waals surface area contributed by atoms with Crippen molar-refractivity contribution >= 4 is 25.0 Å². The molecule has 90 valence electrons. The maximum absolute atomic E-state index is 5.73. The first-order chi connectivity index (χ1) is 7.50. The molecule has 0 radical (unpaired) electrons. The number of rotatable bonds is 5. The zero-order valence-corrected chi connectivity index (χ0v) is 12.5. The van der Waals surface area contributed by atoms with Gasteiger partial charge in [-0.25, -0.2) is 0 Å². The maximum atomic E-state index is 5.73. The van der Waals surface area contributed by atoms with Crippen LogP contribution in [0.1, 0.15) is 0 Å². The third kappa shape index (κ3) is 3.27. The molecule has 1 aromatic rings. The molecule has 0 spiro atoms. The van der Waals surface area contributed by atoms with Crippen molar-refractivity contribution in [3.05, 3.63) is 18.2 Å². The van der Waals surface area contributed by atoms with E-state index < -0.39 is 8.07 Å². The number of ether oxygens (including phenoxy) is 2. The summed E-state index contributed by atoms with van der Waals surface area (Å²) in [6.45, 7) is 7.29. The van der Waals surface area contributed by atoms with Crippen molar-refractivity contribution in [2.75, 3.05) is 20.2 Å². The second-order valence-electron chi connectivity index (χ2n) is 4.64. The standard InChI is InChI=1S/C12H20O2SSi/c1-13-9-14-12-10(15-2)7-6-8-11(12)16(3,4)5/h6-8H,9H2,1-5H3. The van der Waals surface area contributed by atoms with Crippen molar-refractivity contribution in [2.45, 2.75) is 24.5 Å². The van der Waals surface area contributed by atoms with Gasteiger partial charge in [-0.1, -0.05) is 31.8 Å². The van der Waals surface area contributed by atoms with Gasteiger partial charge in [-0.05, 0) is 17.5 Å². The smallest absolute Gasteiger partial charge is 0.188 e. The van der Waals surface area contributed by atoms with E-state index in [1.54, 1.807) is 18.9 Å². The highest BCUT2D eigenvalue weighted by Gasteiger charge is 2.22. The van der Waals surface area contributed by atoms with Crippen LogP contribution in [-0.4, -0.2) is 28.2 Å². The molecule has 4 heteroatoms. The Morgan fingerprint density at radius 2 is 1.94 bits per heavy atom. The van der Waals surface area contributed by atoms with Gasteiger partial charge in [-0.15, -0.1) is 11.8 Å². The lowest BCUT2D eigenvalue weighted by Crippen LogP contribution is -2.39. The number of hydrogen-bond donors (Lipinski definition) is 0. The summed E-state index contributed by atoms with van der Waals surface area (Å²) < 4.78 is 10.7. The summed E-state index contributed by atoms with van der Waals surface area (Å²) >= 11 is 1.72. The van der Waals surface area contributed by atoms with E-state index in [-0.39, 0.29) is 0 Å². The minimum absolute atomic E-state index is 0.315. The summed E-state index contributed by atoms with van der Waals surface area (Å²) in [5.41, 5.74) is 0. The first kappa shape index (κ1) is 13.6. The predicted molar refractivity (Wildman–Crippen MR) is 73.7 cm³/mol. The Morgan fingerprint density at radius 3 is 2.44 bits per heavy atom. The highest BCUT2D eigenvalue weighted by Crippen LogP contribution is 2.27. The Kier molecular flexibility index (Phi) is 4.89. The Bertz CT molecular complexity index is 347. The molecule has 0 fully saturated rings.